The Labute approximate surface area is 181 Å². The molecule has 0 aliphatic heterocycles. The number of benzene rings is 1. The quantitative estimate of drug-likeness (QED) is 0.188. The summed E-state index contributed by atoms with van der Waals surface area (Å²) in [6.45, 7) is 3.21. The van der Waals surface area contributed by atoms with Gasteiger partial charge in [-0.2, -0.15) is 0 Å². The van der Waals surface area contributed by atoms with Crippen molar-refractivity contribution in [1.82, 2.24) is 0 Å². The molecule has 1 aromatic rings. The minimum atomic E-state index is -2.63. The molecule has 0 saturated heterocycles. The van der Waals surface area contributed by atoms with Crippen LogP contribution in [0.5, 0.6) is 11.5 Å². The molecule has 0 heterocycles. The SMILES string of the molecule is CCO[PH](=O)OCc1cc(Cl)c(OCOCCOC)c(OCOCCOC)c1Cl. The van der Waals surface area contributed by atoms with Crippen molar-refractivity contribution in [3.05, 3.63) is 21.7 Å². The van der Waals surface area contributed by atoms with Crippen LogP contribution < -0.4 is 9.47 Å². The number of hydrogen-bond acceptors (Lipinski definition) is 9. The second-order valence-corrected chi connectivity index (χ2v) is 7.15. The summed E-state index contributed by atoms with van der Waals surface area (Å²) in [5.74, 6) is 0.340. The van der Waals surface area contributed by atoms with Gasteiger partial charge in [-0.25, -0.2) is 0 Å². The summed E-state index contributed by atoms with van der Waals surface area (Å²) in [7, 11) is 0.497. The van der Waals surface area contributed by atoms with Crippen molar-refractivity contribution >= 4 is 31.5 Å². The molecule has 168 valence electrons. The fourth-order valence-corrected chi connectivity index (χ4v) is 3.02. The summed E-state index contributed by atoms with van der Waals surface area (Å²) in [4.78, 5) is 0. The normalized spacial score (nSPS) is 12.2. The minimum Gasteiger partial charge on any atom is -0.462 e. The predicted molar refractivity (Wildman–Crippen MR) is 109 cm³/mol. The fourth-order valence-electron chi connectivity index (χ4n) is 1.90. The highest BCUT2D eigenvalue weighted by molar-refractivity contribution is 7.33. The number of ether oxygens (including phenoxy) is 6. The van der Waals surface area contributed by atoms with E-state index < -0.39 is 8.25 Å². The minimum absolute atomic E-state index is 0.0815. The highest BCUT2D eigenvalue weighted by Gasteiger charge is 2.20. The third-order valence-electron chi connectivity index (χ3n) is 3.25. The molecule has 0 aliphatic rings. The summed E-state index contributed by atoms with van der Waals surface area (Å²) in [5.41, 5.74) is 0.453. The van der Waals surface area contributed by atoms with Crippen LogP contribution in [0, 0.1) is 0 Å². The summed E-state index contributed by atoms with van der Waals surface area (Å²) >= 11 is 12.8. The van der Waals surface area contributed by atoms with E-state index in [1.807, 2.05) is 0 Å². The number of halogens is 2. The Morgan fingerprint density at radius 3 is 2.03 bits per heavy atom. The zero-order valence-corrected chi connectivity index (χ0v) is 19.2. The van der Waals surface area contributed by atoms with Crippen LogP contribution in [0.15, 0.2) is 6.07 Å². The summed E-state index contributed by atoms with van der Waals surface area (Å²) in [5, 5.41) is 0.397. The Morgan fingerprint density at radius 1 is 0.897 bits per heavy atom. The Hall–Kier alpha value is -0.610. The van der Waals surface area contributed by atoms with Crippen molar-refractivity contribution in [3.63, 3.8) is 0 Å². The Kier molecular flexibility index (Phi) is 14.7. The van der Waals surface area contributed by atoms with Gasteiger partial charge in [0.2, 0.25) is 0 Å². The lowest BCUT2D eigenvalue weighted by molar-refractivity contribution is -0.0207. The van der Waals surface area contributed by atoms with E-state index in [2.05, 4.69) is 0 Å². The first-order valence-corrected chi connectivity index (χ1v) is 10.7. The first kappa shape index (κ1) is 26.4. The third-order valence-corrected chi connectivity index (χ3v) is 4.85. The van der Waals surface area contributed by atoms with Gasteiger partial charge in [-0.1, -0.05) is 23.2 Å². The summed E-state index contributed by atoms with van der Waals surface area (Å²) < 4.78 is 53.3. The molecule has 0 aliphatic carbocycles. The zero-order chi connectivity index (χ0) is 21.5. The smallest absolute Gasteiger partial charge is 0.319 e. The highest BCUT2D eigenvalue weighted by atomic mass is 35.5. The first-order valence-electron chi connectivity index (χ1n) is 8.74. The molecule has 1 aromatic carbocycles. The molecule has 1 atom stereocenters. The van der Waals surface area contributed by atoms with Gasteiger partial charge in [0.1, 0.15) is 0 Å². The fraction of sp³-hybridized carbons (Fsp3) is 0.647. The van der Waals surface area contributed by atoms with Gasteiger partial charge >= 0.3 is 8.25 Å². The maximum Gasteiger partial charge on any atom is 0.319 e. The van der Waals surface area contributed by atoms with Crippen molar-refractivity contribution in [2.24, 2.45) is 0 Å². The summed E-state index contributed by atoms with van der Waals surface area (Å²) in [6, 6.07) is 1.54. The van der Waals surface area contributed by atoms with Gasteiger partial charge in [-0.05, 0) is 13.0 Å². The first-order chi connectivity index (χ1) is 14.0. The number of methoxy groups -OCH3 is 2. The Bertz CT molecular complexity index is 619. The topological polar surface area (TPSA) is 90.9 Å². The van der Waals surface area contributed by atoms with Gasteiger partial charge in [0.05, 0.1) is 49.7 Å². The largest absolute Gasteiger partial charge is 0.462 e. The van der Waals surface area contributed by atoms with Gasteiger partial charge in [0.25, 0.3) is 0 Å². The standard InChI is InChI=1S/C17H27Cl2O9P/c1-4-27-29(20)28-10-13-9-14(18)16(25-11-23-7-5-21-2)17(15(13)19)26-12-24-8-6-22-3/h9,29H,4-8,10-12H2,1-3H3. The van der Waals surface area contributed by atoms with Crippen LogP contribution in [0.2, 0.25) is 10.0 Å². The van der Waals surface area contributed by atoms with E-state index in [1.165, 1.54) is 6.07 Å². The third kappa shape index (κ3) is 10.3. The molecule has 0 saturated carbocycles. The van der Waals surface area contributed by atoms with E-state index in [9.17, 15) is 4.57 Å². The number of rotatable bonds is 17. The van der Waals surface area contributed by atoms with E-state index in [0.29, 0.717) is 32.0 Å². The van der Waals surface area contributed by atoms with Crippen molar-refractivity contribution in [2.75, 3.05) is 60.8 Å². The molecule has 29 heavy (non-hydrogen) atoms. The second-order valence-electron chi connectivity index (χ2n) is 5.29. The van der Waals surface area contributed by atoms with Crippen molar-refractivity contribution < 1.29 is 42.0 Å². The monoisotopic (exact) mass is 476 g/mol. The van der Waals surface area contributed by atoms with Crippen LogP contribution in [0.25, 0.3) is 0 Å². The maximum atomic E-state index is 11.6. The molecule has 0 aromatic heterocycles. The van der Waals surface area contributed by atoms with Gasteiger partial charge < -0.3 is 37.5 Å². The van der Waals surface area contributed by atoms with E-state index in [-0.39, 0.29) is 48.3 Å². The molecule has 0 amide bonds. The molecule has 0 spiro atoms. The molecule has 1 unspecified atom stereocenters. The van der Waals surface area contributed by atoms with Crippen LogP contribution in [0.4, 0.5) is 0 Å². The van der Waals surface area contributed by atoms with E-state index in [4.69, 9.17) is 60.7 Å². The lowest BCUT2D eigenvalue weighted by atomic mass is 10.2. The molecule has 0 bridgehead atoms. The van der Waals surface area contributed by atoms with Crippen LogP contribution in [0.3, 0.4) is 0 Å². The Balaban J connectivity index is 2.89. The van der Waals surface area contributed by atoms with Crippen molar-refractivity contribution in [1.29, 1.82) is 0 Å². The predicted octanol–water partition coefficient (Wildman–Crippen LogP) is 3.93. The van der Waals surface area contributed by atoms with Crippen molar-refractivity contribution in [2.45, 2.75) is 13.5 Å². The lowest BCUT2D eigenvalue weighted by Gasteiger charge is -2.18. The van der Waals surface area contributed by atoms with Crippen LogP contribution in [-0.4, -0.2) is 60.8 Å². The van der Waals surface area contributed by atoms with E-state index in [0.717, 1.165) is 0 Å². The second kappa shape index (κ2) is 16.1. The zero-order valence-electron chi connectivity index (χ0n) is 16.7. The molecule has 12 heteroatoms. The van der Waals surface area contributed by atoms with Gasteiger partial charge in [0.15, 0.2) is 25.1 Å². The van der Waals surface area contributed by atoms with Crippen LogP contribution >= 0.6 is 31.5 Å². The average molecular weight is 477 g/mol. The van der Waals surface area contributed by atoms with E-state index in [1.54, 1.807) is 21.1 Å². The highest BCUT2D eigenvalue weighted by Crippen LogP contribution is 2.44. The van der Waals surface area contributed by atoms with Crippen LogP contribution in [-0.2, 0) is 39.2 Å². The molecular formula is C17H27Cl2O9P. The molecule has 0 fully saturated rings. The number of hydrogen-bond donors (Lipinski definition) is 0. The van der Waals surface area contributed by atoms with Crippen molar-refractivity contribution in [3.8, 4) is 11.5 Å². The molecule has 9 nitrogen and oxygen atoms in total. The summed E-state index contributed by atoms with van der Waals surface area (Å²) in [6.07, 6.45) is 0. The maximum absolute atomic E-state index is 11.6. The van der Waals surface area contributed by atoms with Crippen LogP contribution in [0.1, 0.15) is 12.5 Å². The molecule has 0 N–H and O–H groups in total. The van der Waals surface area contributed by atoms with E-state index >= 15 is 0 Å². The van der Waals surface area contributed by atoms with Gasteiger partial charge in [-0.15, -0.1) is 0 Å². The molecule has 0 radical (unpaired) electrons. The Morgan fingerprint density at radius 2 is 1.48 bits per heavy atom. The van der Waals surface area contributed by atoms with Gasteiger partial charge in [-0.3, -0.25) is 4.57 Å². The molecular weight excluding hydrogens is 450 g/mol. The lowest BCUT2D eigenvalue weighted by Crippen LogP contribution is -2.11. The average Bonchev–Trinajstić information content (AvgIpc) is 2.70. The molecule has 1 rings (SSSR count). The van der Waals surface area contributed by atoms with Gasteiger partial charge in [0, 0.05) is 19.8 Å².